The highest BCUT2D eigenvalue weighted by molar-refractivity contribution is 5.95. The average Bonchev–Trinajstić information content (AvgIpc) is 3.05. The van der Waals surface area contributed by atoms with Crippen LogP contribution in [0.1, 0.15) is 5.56 Å². The monoisotopic (exact) mass is 523 g/mol. The van der Waals surface area contributed by atoms with Gasteiger partial charge in [-0.25, -0.2) is 0 Å². The topological polar surface area (TPSA) is 12.9 Å². The summed E-state index contributed by atoms with van der Waals surface area (Å²) in [5.74, 6) is 0. The van der Waals surface area contributed by atoms with E-state index in [0.29, 0.717) is 0 Å². The molecule has 1 nitrogen and oxygen atoms in total. The van der Waals surface area contributed by atoms with Crippen molar-refractivity contribution in [2.24, 2.45) is 0 Å². The SMILES string of the molecule is Cc1ccc(-c2nccc3ccccc23)cc1-c1cccc(-c2cc(-c3ccccc3)cc(-c3ccccc3)c2)c1. The minimum Gasteiger partial charge on any atom is -0.256 e. The number of hydrogen-bond acceptors (Lipinski definition) is 1. The van der Waals surface area contributed by atoms with E-state index in [1.54, 1.807) is 0 Å². The van der Waals surface area contributed by atoms with Gasteiger partial charge in [-0.05, 0) is 98.8 Å². The van der Waals surface area contributed by atoms with E-state index in [9.17, 15) is 0 Å². The Morgan fingerprint density at radius 1 is 0.390 bits per heavy atom. The zero-order valence-electron chi connectivity index (χ0n) is 23.0. The van der Waals surface area contributed by atoms with Crippen molar-refractivity contribution in [3.8, 4) is 55.8 Å². The van der Waals surface area contributed by atoms with Crippen LogP contribution in [0, 0.1) is 6.92 Å². The van der Waals surface area contributed by atoms with E-state index < -0.39 is 0 Å². The molecule has 0 radical (unpaired) electrons. The smallest absolute Gasteiger partial charge is 0.0780 e. The fourth-order valence-corrected chi connectivity index (χ4v) is 5.69. The molecular formula is C40H29N. The minimum absolute atomic E-state index is 1.02. The Kier molecular flexibility index (Phi) is 6.47. The Bertz CT molecular complexity index is 1930. The molecular weight excluding hydrogens is 494 g/mol. The van der Waals surface area contributed by atoms with Gasteiger partial charge in [0.25, 0.3) is 0 Å². The maximum absolute atomic E-state index is 4.78. The molecule has 7 rings (SSSR count). The molecule has 1 heteroatoms. The summed E-state index contributed by atoms with van der Waals surface area (Å²) in [6.45, 7) is 2.19. The van der Waals surface area contributed by atoms with Gasteiger partial charge in [-0.2, -0.15) is 0 Å². The van der Waals surface area contributed by atoms with E-state index in [4.69, 9.17) is 4.98 Å². The molecule has 7 aromatic rings. The number of rotatable bonds is 5. The number of nitrogens with zero attached hydrogens (tertiary/aromatic N) is 1. The number of fused-ring (bicyclic) bond motifs is 1. The Morgan fingerprint density at radius 3 is 1.66 bits per heavy atom. The molecule has 0 aliphatic heterocycles. The molecule has 0 saturated carbocycles. The third-order valence-corrected chi connectivity index (χ3v) is 7.84. The molecule has 6 aromatic carbocycles. The third-order valence-electron chi connectivity index (χ3n) is 7.84. The number of pyridine rings is 1. The summed E-state index contributed by atoms with van der Waals surface area (Å²) in [5, 5.41) is 2.37. The van der Waals surface area contributed by atoms with Gasteiger partial charge in [0.2, 0.25) is 0 Å². The van der Waals surface area contributed by atoms with E-state index in [2.05, 4.69) is 159 Å². The van der Waals surface area contributed by atoms with Gasteiger partial charge in [-0.1, -0.05) is 115 Å². The lowest BCUT2D eigenvalue weighted by Gasteiger charge is -2.14. The summed E-state index contributed by atoms with van der Waals surface area (Å²) >= 11 is 0. The van der Waals surface area contributed by atoms with Gasteiger partial charge in [-0.3, -0.25) is 4.98 Å². The maximum Gasteiger partial charge on any atom is 0.0780 e. The average molecular weight is 524 g/mol. The Morgan fingerprint density at radius 2 is 0.951 bits per heavy atom. The quantitative estimate of drug-likeness (QED) is 0.219. The Balaban J connectivity index is 1.35. The number of hydrogen-bond donors (Lipinski definition) is 0. The Hall–Kier alpha value is -5.27. The Labute approximate surface area is 241 Å². The molecule has 1 heterocycles. The predicted octanol–water partition coefficient (Wildman–Crippen LogP) is 10.9. The number of aromatic nitrogens is 1. The van der Waals surface area contributed by atoms with Crippen molar-refractivity contribution >= 4 is 10.8 Å². The predicted molar refractivity (Wildman–Crippen MR) is 174 cm³/mol. The van der Waals surface area contributed by atoms with Crippen LogP contribution in [0.15, 0.2) is 158 Å². The van der Waals surface area contributed by atoms with Crippen LogP contribution in [0.3, 0.4) is 0 Å². The van der Waals surface area contributed by atoms with Crippen LogP contribution in [0.4, 0.5) is 0 Å². The molecule has 0 saturated heterocycles. The second kappa shape index (κ2) is 10.7. The van der Waals surface area contributed by atoms with E-state index in [1.165, 1.54) is 60.8 Å². The molecule has 0 N–H and O–H groups in total. The summed E-state index contributed by atoms with van der Waals surface area (Å²) in [6.07, 6.45) is 1.90. The van der Waals surface area contributed by atoms with Crippen molar-refractivity contribution < 1.29 is 0 Å². The molecule has 0 spiro atoms. The molecule has 1 aromatic heterocycles. The van der Waals surface area contributed by atoms with Gasteiger partial charge in [0, 0.05) is 17.1 Å². The van der Waals surface area contributed by atoms with Gasteiger partial charge in [-0.15, -0.1) is 0 Å². The van der Waals surface area contributed by atoms with Crippen molar-refractivity contribution in [1.29, 1.82) is 0 Å². The molecule has 0 unspecified atom stereocenters. The summed E-state index contributed by atoms with van der Waals surface area (Å²) < 4.78 is 0. The first-order valence-corrected chi connectivity index (χ1v) is 14.0. The lowest BCUT2D eigenvalue weighted by Crippen LogP contribution is -1.90. The summed E-state index contributed by atoms with van der Waals surface area (Å²) in [5.41, 5.74) is 13.1. The van der Waals surface area contributed by atoms with Gasteiger partial charge in [0.1, 0.15) is 0 Å². The molecule has 194 valence electrons. The van der Waals surface area contributed by atoms with Gasteiger partial charge >= 0.3 is 0 Å². The van der Waals surface area contributed by atoms with Crippen molar-refractivity contribution in [2.45, 2.75) is 6.92 Å². The fourth-order valence-electron chi connectivity index (χ4n) is 5.69. The standard InChI is InChI=1S/C40H29N/c1-28-19-20-34(40-38-18-9-8-15-31(38)21-22-41-40)27-39(28)33-17-10-16-32(23-33)37-25-35(29-11-4-2-5-12-29)24-36(26-37)30-13-6-3-7-14-30/h2-27H,1H3. The highest BCUT2D eigenvalue weighted by Gasteiger charge is 2.12. The van der Waals surface area contributed by atoms with Crippen LogP contribution in [-0.4, -0.2) is 4.98 Å². The highest BCUT2D eigenvalue weighted by Crippen LogP contribution is 2.36. The molecule has 0 aliphatic carbocycles. The van der Waals surface area contributed by atoms with Crippen molar-refractivity contribution in [2.75, 3.05) is 0 Å². The first kappa shape index (κ1) is 24.7. The van der Waals surface area contributed by atoms with Crippen molar-refractivity contribution in [3.63, 3.8) is 0 Å². The van der Waals surface area contributed by atoms with E-state index >= 15 is 0 Å². The second-order valence-electron chi connectivity index (χ2n) is 10.5. The lowest BCUT2D eigenvalue weighted by atomic mass is 9.91. The van der Waals surface area contributed by atoms with Crippen LogP contribution >= 0.6 is 0 Å². The van der Waals surface area contributed by atoms with Crippen molar-refractivity contribution in [3.05, 3.63) is 163 Å². The van der Waals surface area contributed by atoms with Gasteiger partial charge in [0.15, 0.2) is 0 Å². The minimum atomic E-state index is 1.02. The molecule has 0 aliphatic rings. The van der Waals surface area contributed by atoms with Crippen LogP contribution in [0.2, 0.25) is 0 Å². The molecule has 41 heavy (non-hydrogen) atoms. The summed E-state index contributed by atoms with van der Waals surface area (Å²) in [7, 11) is 0. The summed E-state index contributed by atoms with van der Waals surface area (Å²) in [4.78, 5) is 4.78. The largest absolute Gasteiger partial charge is 0.256 e. The summed E-state index contributed by atoms with van der Waals surface area (Å²) in [6, 6.07) is 54.3. The zero-order chi connectivity index (χ0) is 27.6. The first-order valence-electron chi connectivity index (χ1n) is 14.0. The van der Waals surface area contributed by atoms with E-state index in [0.717, 1.165) is 11.3 Å². The zero-order valence-corrected chi connectivity index (χ0v) is 23.0. The lowest BCUT2D eigenvalue weighted by molar-refractivity contribution is 1.35. The maximum atomic E-state index is 4.78. The number of benzene rings is 6. The van der Waals surface area contributed by atoms with E-state index in [1.807, 2.05) is 6.20 Å². The van der Waals surface area contributed by atoms with Crippen LogP contribution < -0.4 is 0 Å². The molecule has 0 bridgehead atoms. The van der Waals surface area contributed by atoms with Crippen LogP contribution in [0.25, 0.3) is 66.5 Å². The first-order chi connectivity index (χ1) is 20.2. The van der Waals surface area contributed by atoms with Crippen LogP contribution in [0.5, 0.6) is 0 Å². The fraction of sp³-hybridized carbons (Fsp3) is 0.0250. The molecule has 0 atom stereocenters. The van der Waals surface area contributed by atoms with E-state index in [-0.39, 0.29) is 0 Å². The van der Waals surface area contributed by atoms with Gasteiger partial charge in [0.05, 0.1) is 5.69 Å². The van der Waals surface area contributed by atoms with Crippen molar-refractivity contribution in [1.82, 2.24) is 4.98 Å². The molecule has 0 fully saturated rings. The number of aryl methyl sites for hydroxylation is 1. The highest BCUT2D eigenvalue weighted by atomic mass is 14.7. The third kappa shape index (κ3) is 4.95. The normalized spacial score (nSPS) is 11.0. The van der Waals surface area contributed by atoms with Crippen LogP contribution in [-0.2, 0) is 0 Å². The van der Waals surface area contributed by atoms with Gasteiger partial charge < -0.3 is 0 Å². The second-order valence-corrected chi connectivity index (χ2v) is 10.5. The molecule has 0 amide bonds.